The molecule has 13 heteroatoms. The first-order valence-electron chi connectivity index (χ1n) is 11.4. The largest absolute Gasteiger partial charge is 0.481 e. The minimum Gasteiger partial charge on any atom is -0.481 e. The second-order valence-corrected chi connectivity index (χ2v) is 8.64. The van der Waals surface area contributed by atoms with Crippen molar-refractivity contribution in [2.45, 2.75) is 51.9 Å². The van der Waals surface area contributed by atoms with E-state index in [2.05, 4.69) is 15.6 Å². The van der Waals surface area contributed by atoms with Gasteiger partial charge in [-0.25, -0.2) is 14.2 Å². The number of carbonyl (C=O) groups excluding carboxylic acids is 2. The predicted molar refractivity (Wildman–Crippen MR) is 127 cm³/mol. The number of likely N-dealkylation sites (tertiary alicyclic amines) is 1. The Bertz CT molecular complexity index is 1170. The van der Waals surface area contributed by atoms with Gasteiger partial charge in [-0.15, -0.1) is 0 Å². The summed E-state index contributed by atoms with van der Waals surface area (Å²) in [5.41, 5.74) is 0.276. The lowest BCUT2D eigenvalue weighted by molar-refractivity contribution is -0.189. The highest BCUT2D eigenvalue weighted by Crippen LogP contribution is 2.33. The second kappa shape index (κ2) is 11.2. The van der Waals surface area contributed by atoms with E-state index in [1.807, 2.05) is 0 Å². The minimum atomic E-state index is -4.78. The molecule has 0 saturated carbocycles. The summed E-state index contributed by atoms with van der Waals surface area (Å²) in [4.78, 5) is 31.1. The van der Waals surface area contributed by atoms with Crippen LogP contribution in [0, 0.1) is 19.7 Å². The van der Waals surface area contributed by atoms with Crippen LogP contribution in [0.5, 0.6) is 11.6 Å². The molecular formula is C24H28F4N4O5. The number of amides is 3. The van der Waals surface area contributed by atoms with Gasteiger partial charge in [-0.3, -0.25) is 4.79 Å². The van der Waals surface area contributed by atoms with Crippen molar-refractivity contribution in [2.75, 3.05) is 30.9 Å². The number of carbonyl (C=O) groups is 2. The van der Waals surface area contributed by atoms with Gasteiger partial charge in [-0.2, -0.15) is 13.2 Å². The number of alkyl halides is 3. The average Bonchev–Trinajstić information content (AvgIpc) is 3.32. The zero-order valence-corrected chi connectivity index (χ0v) is 20.7. The van der Waals surface area contributed by atoms with Gasteiger partial charge >= 0.3 is 12.2 Å². The molecule has 0 bridgehead atoms. The Morgan fingerprint density at radius 1 is 1.27 bits per heavy atom. The number of rotatable bonds is 7. The number of hydrogen-bond donors (Lipinski definition) is 3. The molecule has 202 valence electrons. The van der Waals surface area contributed by atoms with Gasteiger partial charge in [0.05, 0.1) is 36.7 Å². The maximum Gasteiger partial charge on any atom is 0.425 e. The van der Waals surface area contributed by atoms with E-state index >= 15 is 4.39 Å². The van der Waals surface area contributed by atoms with E-state index in [4.69, 9.17) is 9.47 Å². The Kier molecular flexibility index (Phi) is 8.46. The average molecular weight is 529 g/mol. The summed E-state index contributed by atoms with van der Waals surface area (Å²) < 4.78 is 65.0. The van der Waals surface area contributed by atoms with E-state index in [1.54, 1.807) is 13.8 Å². The molecule has 2 aromatic rings. The fourth-order valence-electron chi connectivity index (χ4n) is 3.96. The maximum atomic E-state index is 15.0. The highest BCUT2D eigenvalue weighted by atomic mass is 19.4. The summed E-state index contributed by atoms with van der Waals surface area (Å²) in [7, 11) is 1.38. The van der Waals surface area contributed by atoms with Crippen LogP contribution in [-0.2, 0) is 0 Å². The SMILES string of the molecule is COc1ncc(C)c(NC(=O)c2cc(F)c(NC(=O)N3CCC[C@@H]3CO)cc2OC(C)C(F)(F)F)c1C. The molecule has 3 N–H and O–H groups in total. The third kappa shape index (κ3) is 6.21. The number of halogens is 4. The van der Waals surface area contributed by atoms with Gasteiger partial charge < -0.3 is 30.1 Å². The summed E-state index contributed by atoms with van der Waals surface area (Å²) in [6, 6.07) is 0.330. The molecule has 1 fully saturated rings. The Labute approximate surface area is 210 Å². The van der Waals surface area contributed by atoms with Crippen molar-refractivity contribution in [3.63, 3.8) is 0 Å². The predicted octanol–water partition coefficient (Wildman–Crippen LogP) is 4.42. The van der Waals surface area contributed by atoms with Gasteiger partial charge in [-0.1, -0.05) is 0 Å². The Balaban J connectivity index is 1.98. The van der Waals surface area contributed by atoms with Gasteiger partial charge in [0.1, 0.15) is 11.6 Å². The zero-order valence-electron chi connectivity index (χ0n) is 20.7. The van der Waals surface area contributed by atoms with Crippen molar-refractivity contribution < 1.29 is 41.7 Å². The molecule has 3 amide bonds. The van der Waals surface area contributed by atoms with Crippen molar-refractivity contribution in [2.24, 2.45) is 0 Å². The first kappa shape index (κ1) is 28.0. The number of pyridine rings is 1. The second-order valence-electron chi connectivity index (χ2n) is 8.64. The van der Waals surface area contributed by atoms with Gasteiger partial charge in [0, 0.05) is 24.4 Å². The van der Waals surface area contributed by atoms with Crippen LogP contribution < -0.4 is 20.1 Å². The number of hydrogen-bond acceptors (Lipinski definition) is 6. The summed E-state index contributed by atoms with van der Waals surface area (Å²) in [5, 5.41) is 14.3. The number of urea groups is 1. The lowest BCUT2D eigenvalue weighted by Crippen LogP contribution is -2.40. The molecule has 1 unspecified atom stereocenters. The molecule has 0 spiro atoms. The lowest BCUT2D eigenvalue weighted by Gasteiger charge is -2.24. The standard InChI is InChI=1S/C24H28F4N4O5/c1-12-10-29-22(36-4)13(2)20(12)31-21(34)16-8-17(25)18(9-19(16)37-14(3)24(26,27)28)30-23(35)32-7-5-6-15(32)11-33/h8-10,14-15,33H,5-7,11H2,1-4H3,(H,30,35)(H,29,31,34)/t14?,15-/m1/s1. The lowest BCUT2D eigenvalue weighted by atomic mass is 10.1. The van der Waals surface area contributed by atoms with Crippen LogP contribution in [0.25, 0.3) is 0 Å². The van der Waals surface area contributed by atoms with Gasteiger partial charge in [0.15, 0.2) is 6.10 Å². The topological polar surface area (TPSA) is 113 Å². The number of ether oxygens (including phenoxy) is 2. The highest BCUT2D eigenvalue weighted by Gasteiger charge is 2.39. The minimum absolute atomic E-state index is 0.218. The van der Waals surface area contributed by atoms with E-state index in [0.29, 0.717) is 36.6 Å². The Morgan fingerprint density at radius 2 is 1.97 bits per heavy atom. The van der Waals surface area contributed by atoms with Crippen molar-refractivity contribution in [1.29, 1.82) is 0 Å². The van der Waals surface area contributed by atoms with Crippen LogP contribution >= 0.6 is 0 Å². The van der Waals surface area contributed by atoms with Gasteiger partial charge in [0.25, 0.3) is 5.91 Å². The van der Waals surface area contributed by atoms with E-state index < -0.39 is 53.1 Å². The van der Waals surface area contributed by atoms with Gasteiger partial charge in [-0.05, 0) is 45.2 Å². The number of nitrogens with zero attached hydrogens (tertiary/aromatic N) is 2. The van der Waals surface area contributed by atoms with Crippen molar-refractivity contribution >= 4 is 23.3 Å². The third-order valence-corrected chi connectivity index (χ3v) is 6.07. The van der Waals surface area contributed by atoms with Crippen LogP contribution in [0.1, 0.15) is 41.3 Å². The summed E-state index contributed by atoms with van der Waals surface area (Å²) in [6.45, 7) is 4.04. The normalized spacial score (nSPS) is 16.4. The molecule has 0 radical (unpaired) electrons. The van der Waals surface area contributed by atoms with Crippen LogP contribution in [0.2, 0.25) is 0 Å². The molecule has 0 aliphatic carbocycles. The maximum absolute atomic E-state index is 15.0. The number of aromatic nitrogens is 1. The molecule has 1 aliphatic rings. The summed E-state index contributed by atoms with van der Waals surface area (Å²) in [5.74, 6) is -2.38. The number of aliphatic hydroxyl groups is 1. The number of methoxy groups -OCH3 is 1. The fraction of sp³-hybridized carbons (Fsp3) is 0.458. The molecule has 1 aromatic heterocycles. The van der Waals surface area contributed by atoms with Crippen molar-refractivity contribution in [1.82, 2.24) is 9.88 Å². The van der Waals surface area contributed by atoms with Gasteiger partial charge in [0.2, 0.25) is 5.88 Å². The molecule has 1 aliphatic heterocycles. The quantitative estimate of drug-likeness (QED) is 0.459. The number of anilines is 2. The van der Waals surface area contributed by atoms with E-state index in [-0.39, 0.29) is 18.2 Å². The highest BCUT2D eigenvalue weighted by molar-refractivity contribution is 6.07. The molecule has 1 aromatic carbocycles. The van der Waals surface area contributed by atoms with Crippen molar-refractivity contribution in [3.8, 4) is 11.6 Å². The number of aliphatic hydroxyl groups excluding tert-OH is 1. The molecule has 37 heavy (non-hydrogen) atoms. The Morgan fingerprint density at radius 3 is 2.59 bits per heavy atom. The molecule has 2 heterocycles. The summed E-state index contributed by atoms with van der Waals surface area (Å²) >= 11 is 0. The zero-order chi connectivity index (χ0) is 27.5. The molecule has 9 nitrogen and oxygen atoms in total. The van der Waals surface area contributed by atoms with E-state index in [9.17, 15) is 27.9 Å². The fourth-order valence-corrected chi connectivity index (χ4v) is 3.96. The molecule has 1 saturated heterocycles. The Hall–Kier alpha value is -3.61. The van der Waals surface area contributed by atoms with E-state index in [0.717, 1.165) is 13.0 Å². The van der Waals surface area contributed by atoms with Crippen LogP contribution in [0.15, 0.2) is 18.3 Å². The molecule has 3 rings (SSSR count). The third-order valence-electron chi connectivity index (χ3n) is 6.07. The van der Waals surface area contributed by atoms with E-state index in [1.165, 1.54) is 18.2 Å². The molecular weight excluding hydrogens is 500 g/mol. The van der Waals surface area contributed by atoms with Crippen LogP contribution in [0.4, 0.5) is 33.7 Å². The number of aryl methyl sites for hydroxylation is 1. The smallest absolute Gasteiger partial charge is 0.425 e. The first-order valence-corrected chi connectivity index (χ1v) is 11.4. The first-order chi connectivity index (χ1) is 17.4. The monoisotopic (exact) mass is 528 g/mol. The van der Waals surface area contributed by atoms with Crippen LogP contribution in [0.3, 0.4) is 0 Å². The number of benzene rings is 1. The summed E-state index contributed by atoms with van der Waals surface area (Å²) in [6.07, 6.45) is -4.49. The number of nitrogens with one attached hydrogen (secondary N) is 2. The molecule has 2 atom stereocenters. The van der Waals surface area contributed by atoms with Crippen LogP contribution in [-0.4, -0.2) is 65.5 Å². The van der Waals surface area contributed by atoms with Crippen molar-refractivity contribution in [3.05, 3.63) is 40.8 Å².